The maximum atomic E-state index is 11.3. The van der Waals surface area contributed by atoms with Crippen LogP contribution in [0.3, 0.4) is 0 Å². The molecule has 0 aliphatic rings. The molecule has 0 saturated carbocycles. The van der Waals surface area contributed by atoms with E-state index in [2.05, 4.69) is 21.5 Å². The number of carbonyl (C=O) groups is 1. The molecular formula is C13H16N4O. The molecular weight excluding hydrogens is 228 g/mol. The van der Waals surface area contributed by atoms with Gasteiger partial charge < -0.3 is 5.73 Å². The molecule has 1 aromatic carbocycles. The first-order chi connectivity index (χ1) is 8.43. The second kappa shape index (κ2) is 4.25. The van der Waals surface area contributed by atoms with Crippen LogP contribution in [-0.4, -0.2) is 21.3 Å². The summed E-state index contributed by atoms with van der Waals surface area (Å²) in [7, 11) is 0. The molecule has 5 heteroatoms. The van der Waals surface area contributed by atoms with Gasteiger partial charge in [-0.1, -0.05) is 6.07 Å². The highest BCUT2D eigenvalue weighted by atomic mass is 16.1. The standard InChI is InChI=1S/C13H16N4O/c1-6-5-7(2)9(4)10(8(6)3)11-12(13(14)18)16-17-15-11/h5H,1-4H3,(H2,14,18)(H,15,16,17). The van der Waals surface area contributed by atoms with E-state index in [1.54, 1.807) is 0 Å². The maximum Gasteiger partial charge on any atom is 0.271 e. The van der Waals surface area contributed by atoms with Crippen molar-refractivity contribution in [2.24, 2.45) is 5.73 Å². The van der Waals surface area contributed by atoms with Gasteiger partial charge in [0.1, 0.15) is 5.69 Å². The first-order valence-electron chi connectivity index (χ1n) is 5.71. The van der Waals surface area contributed by atoms with Gasteiger partial charge in [0.2, 0.25) is 0 Å². The first kappa shape index (κ1) is 12.3. The summed E-state index contributed by atoms with van der Waals surface area (Å²) in [6.45, 7) is 8.09. The first-order valence-corrected chi connectivity index (χ1v) is 5.71. The lowest BCUT2D eigenvalue weighted by Gasteiger charge is -2.13. The zero-order valence-electron chi connectivity index (χ0n) is 11.0. The third-order valence-corrected chi connectivity index (χ3v) is 3.38. The molecule has 3 N–H and O–H groups in total. The summed E-state index contributed by atoms with van der Waals surface area (Å²) >= 11 is 0. The molecule has 94 valence electrons. The molecule has 5 nitrogen and oxygen atoms in total. The molecule has 0 saturated heterocycles. The number of aromatic amines is 1. The molecule has 0 unspecified atom stereocenters. The van der Waals surface area contributed by atoms with E-state index in [9.17, 15) is 4.79 Å². The molecule has 1 heterocycles. The Morgan fingerprint density at radius 3 is 2.17 bits per heavy atom. The predicted octanol–water partition coefficient (Wildman–Crippen LogP) is 1.80. The minimum atomic E-state index is -0.572. The van der Waals surface area contributed by atoms with Gasteiger partial charge in [-0.15, -0.1) is 0 Å². The SMILES string of the molecule is Cc1cc(C)c(C)c(-c2n[nH]nc2C(N)=O)c1C. The highest BCUT2D eigenvalue weighted by molar-refractivity contribution is 5.97. The lowest BCUT2D eigenvalue weighted by Crippen LogP contribution is -2.13. The normalized spacial score (nSPS) is 10.7. The third-order valence-electron chi connectivity index (χ3n) is 3.38. The molecule has 0 aliphatic carbocycles. The van der Waals surface area contributed by atoms with E-state index in [0.29, 0.717) is 5.69 Å². The molecule has 0 radical (unpaired) electrons. The number of nitrogens with one attached hydrogen (secondary N) is 1. The number of carbonyl (C=O) groups excluding carboxylic acids is 1. The van der Waals surface area contributed by atoms with Crippen LogP contribution in [0.15, 0.2) is 6.07 Å². The molecule has 18 heavy (non-hydrogen) atoms. The van der Waals surface area contributed by atoms with Gasteiger partial charge in [0.05, 0.1) is 0 Å². The van der Waals surface area contributed by atoms with E-state index in [1.807, 2.05) is 27.7 Å². The van der Waals surface area contributed by atoms with Crippen LogP contribution < -0.4 is 5.73 Å². The minimum absolute atomic E-state index is 0.186. The van der Waals surface area contributed by atoms with Crippen molar-refractivity contribution in [2.45, 2.75) is 27.7 Å². The molecule has 2 rings (SSSR count). The highest BCUT2D eigenvalue weighted by Gasteiger charge is 2.20. The smallest absolute Gasteiger partial charge is 0.271 e. The van der Waals surface area contributed by atoms with Crippen molar-refractivity contribution in [3.05, 3.63) is 34.0 Å². The number of primary amides is 1. The molecule has 0 bridgehead atoms. The summed E-state index contributed by atoms with van der Waals surface area (Å²) in [4.78, 5) is 11.3. The number of nitrogens with two attached hydrogens (primary N) is 1. The van der Waals surface area contributed by atoms with Gasteiger partial charge in [0.25, 0.3) is 5.91 Å². The fraction of sp³-hybridized carbons (Fsp3) is 0.308. The second-order valence-corrected chi connectivity index (χ2v) is 4.52. The number of nitrogens with zero attached hydrogens (tertiary/aromatic N) is 2. The number of hydrogen-bond donors (Lipinski definition) is 2. The van der Waals surface area contributed by atoms with Gasteiger partial charge in [-0.2, -0.15) is 15.4 Å². The van der Waals surface area contributed by atoms with Gasteiger partial charge in [0, 0.05) is 5.56 Å². The number of aryl methyl sites for hydroxylation is 2. The van der Waals surface area contributed by atoms with E-state index < -0.39 is 5.91 Å². The van der Waals surface area contributed by atoms with E-state index in [-0.39, 0.29) is 5.69 Å². The van der Waals surface area contributed by atoms with Crippen LogP contribution in [0.4, 0.5) is 0 Å². The van der Waals surface area contributed by atoms with Crippen LogP contribution in [0.5, 0.6) is 0 Å². The minimum Gasteiger partial charge on any atom is -0.364 e. The topological polar surface area (TPSA) is 84.7 Å². The molecule has 0 spiro atoms. The lowest BCUT2D eigenvalue weighted by atomic mass is 9.91. The Bertz CT molecular complexity index is 602. The van der Waals surface area contributed by atoms with Gasteiger partial charge in [-0.3, -0.25) is 4.79 Å². The molecule has 1 amide bonds. The Kier molecular flexibility index (Phi) is 2.90. The Hall–Kier alpha value is -2.17. The van der Waals surface area contributed by atoms with Crippen LogP contribution in [0.1, 0.15) is 32.7 Å². The summed E-state index contributed by atoms with van der Waals surface area (Å²) in [5.41, 5.74) is 11.5. The fourth-order valence-corrected chi connectivity index (χ4v) is 2.15. The van der Waals surface area contributed by atoms with Gasteiger partial charge >= 0.3 is 0 Å². The second-order valence-electron chi connectivity index (χ2n) is 4.52. The van der Waals surface area contributed by atoms with Crippen LogP contribution in [0.25, 0.3) is 11.3 Å². The largest absolute Gasteiger partial charge is 0.364 e. The monoisotopic (exact) mass is 244 g/mol. The van der Waals surface area contributed by atoms with Crippen molar-refractivity contribution in [3.8, 4) is 11.3 Å². The van der Waals surface area contributed by atoms with Crippen molar-refractivity contribution in [1.82, 2.24) is 15.4 Å². The van der Waals surface area contributed by atoms with E-state index in [1.165, 1.54) is 0 Å². The molecule has 1 aromatic heterocycles. The number of aromatic nitrogens is 3. The average Bonchev–Trinajstić information content (AvgIpc) is 2.76. The van der Waals surface area contributed by atoms with Gasteiger partial charge in [-0.25, -0.2) is 0 Å². The van der Waals surface area contributed by atoms with Gasteiger partial charge in [0.15, 0.2) is 5.69 Å². The van der Waals surface area contributed by atoms with Crippen LogP contribution in [0, 0.1) is 27.7 Å². The van der Waals surface area contributed by atoms with Crippen LogP contribution in [-0.2, 0) is 0 Å². The van der Waals surface area contributed by atoms with Crippen LogP contribution >= 0.6 is 0 Å². The number of amides is 1. The summed E-state index contributed by atoms with van der Waals surface area (Å²) in [6.07, 6.45) is 0. The Morgan fingerprint density at radius 2 is 1.67 bits per heavy atom. The third kappa shape index (κ3) is 1.77. The summed E-state index contributed by atoms with van der Waals surface area (Å²) in [5.74, 6) is -0.572. The molecule has 0 aliphatic heterocycles. The van der Waals surface area contributed by atoms with Crippen molar-refractivity contribution in [3.63, 3.8) is 0 Å². The molecule has 2 aromatic rings. The van der Waals surface area contributed by atoms with Crippen molar-refractivity contribution >= 4 is 5.91 Å². The fourth-order valence-electron chi connectivity index (χ4n) is 2.15. The predicted molar refractivity (Wildman–Crippen MR) is 69.3 cm³/mol. The number of hydrogen-bond acceptors (Lipinski definition) is 3. The van der Waals surface area contributed by atoms with Crippen LogP contribution in [0.2, 0.25) is 0 Å². The van der Waals surface area contributed by atoms with Gasteiger partial charge in [-0.05, 0) is 49.9 Å². The van der Waals surface area contributed by atoms with E-state index in [0.717, 1.165) is 27.8 Å². The number of rotatable bonds is 2. The zero-order valence-corrected chi connectivity index (χ0v) is 11.0. The van der Waals surface area contributed by atoms with E-state index >= 15 is 0 Å². The average molecular weight is 244 g/mol. The Labute approximate surface area is 105 Å². The van der Waals surface area contributed by atoms with E-state index in [4.69, 9.17) is 5.73 Å². The lowest BCUT2D eigenvalue weighted by molar-refractivity contribution is 0.0996. The number of benzene rings is 1. The van der Waals surface area contributed by atoms with Crippen molar-refractivity contribution < 1.29 is 4.79 Å². The number of H-pyrrole nitrogens is 1. The maximum absolute atomic E-state index is 11.3. The molecule has 0 atom stereocenters. The molecule has 0 fully saturated rings. The zero-order chi connectivity index (χ0) is 13.4. The highest BCUT2D eigenvalue weighted by Crippen LogP contribution is 2.31. The van der Waals surface area contributed by atoms with Crippen molar-refractivity contribution in [1.29, 1.82) is 0 Å². The van der Waals surface area contributed by atoms with Crippen molar-refractivity contribution in [2.75, 3.05) is 0 Å². The Morgan fingerprint density at radius 1 is 1.11 bits per heavy atom. The quantitative estimate of drug-likeness (QED) is 0.844. The summed E-state index contributed by atoms with van der Waals surface area (Å²) in [5, 5.41) is 10.4. The Balaban J connectivity index is 2.79. The summed E-state index contributed by atoms with van der Waals surface area (Å²) < 4.78 is 0. The summed E-state index contributed by atoms with van der Waals surface area (Å²) in [6, 6.07) is 2.12.